The minimum Gasteiger partial charge on any atom is -0.493 e. The third-order valence-corrected chi connectivity index (χ3v) is 5.02. The van der Waals surface area contributed by atoms with Gasteiger partial charge in [0.2, 0.25) is 5.91 Å². The van der Waals surface area contributed by atoms with Crippen LogP contribution < -0.4 is 19.7 Å². The summed E-state index contributed by atoms with van der Waals surface area (Å²) in [4.78, 5) is 37.7. The van der Waals surface area contributed by atoms with Gasteiger partial charge in [-0.3, -0.25) is 19.7 Å². The number of ether oxygens (including phenoxy) is 2. The Bertz CT molecular complexity index is 1000. The second-order valence-corrected chi connectivity index (χ2v) is 6.94. The Labute approximate surface area is 173 Å². The van der Waals surface area contributed by atoms with Crippen LogP contribution in [0.25, 0.3) is 0 Å². The lowest BCUT2D eigenvalue weighted by atomic mass is 10.1. The summed E-state index contributed by atoms with van der Waals surface area (Å²) in [5.41, 5.74) is 1.50. The fourth-order valence-electron chi connectivity index (χ4n) is 3.44. The number of hydrogen-bond acceptors (Lipinski definition) is 6. The van der Waals surface area contributed by atoms with Crippen LogP contribution in [0.1, 0.15) is 35.2 Å². The lowest BCUT2D eigenvalue weighted by molar-refractivity contribution is -0.385. The molecule has 0 unspecified atom stereocenters. The van der Waals surface area contributed by atoms with Crippen LogP contribution in [-0.4, -0.2) is 37.5 Å². The smallest absolute Gasteiger partial charge is 0.286 e. The molecule has 0 bridgehead atoms. The van der Waals surface area contributed by atoms with E-state index >= 15 is 0 Å². The molecule has 2 aromatic carbocycles. The number of piperidine rings is 1. The molecule has 2 aromatic rings. The maximum Gasteiger partial charge on any atom is 0.286 e. The van der Waals surface area contributed by atoms with E-state index in [1.807, 2.05) is 6.92 Å². The minimum atomic E-state index is -0.664. The number of rotatable bonds is 6. The zero-order chi connectivity index (χ0) is 21.8. The zero-order valence-electron chi connectivity index (χ0n) is 17.1. The van der Waals surface area contributed by atoms with Crippen LogP contribution in [0.2, 0.25) is 0 Å². The van der Waals surface area contributed by atoms with Crippen molar-refractivity contribution < 1.29 is 24.0 Å². The fourth-order valence-corrected chi connectivity index (χ4v) is 3.44. The molecular weight excluding hydrogens is 390 g/mol. The molecule has 9 heteroatoms. The number of carbonyl (C=O) groups excluding carboxylic acids is 2. The largest absolute Gasteiger partial charge is 0.493 e. The van der Waals surface area contributed by atoms with E-state index in [0.717, 1.165) is 30.2 Å². The maximum atomic E-state index is 12.9. The third kappa shape index (κ3) is 4.19. The van der Waals surface area contributed by atoms with Crippen molar-refractivity contribution in [1.82, 2.24) is 0 Å². The molecule has 0 atom stereocenters. The van der Waals surface area contributed by atoms with Gasteiger partial charge in [-0.2, -0.15) is 0 Å². The summed E-state index contributed by atoms with van der Waals surface area (Å²) < 4.78 is 10.3. The van der Waals surface area contributed by atoms with Crippen molar-refractivity contribution in [2.45, 2.75) is 26.2 Å². The highest BCUT2D eigenvalue weighted by molar-refractivity contribution is 6.08. The minimum absolute atomic E-state index is 0.0448. The van der Waals surface area contributed by atoms with Gasteiger partial charge in [0.1, 0.15) is 5.56 Å². The van der Waals surface area contributed by atoms with Crippen LogP contribution in [0.5, 0.6) is 11.5 Å². The Hall–Kier alpha value is -3.62. The average molecular weight is 413 g/mol. The van der Waals surface area contributed by atoms with Crippen LogP contribution >= 0.6 is 0 Å². The molecule has 1 heterocycles. The summed E-state index contributed by atoms with van der Waals surface area (Å²) in [5.74, 6) is -0.260. The Morgan fingerprint density at radius 1 is 1.13 bits per heavy atom. The molecule has 1 N–H and O–H groups in total. The molecule has 9 nitrogen and oxygen atoms in total. The predicted molar refractivity (Wildman–Crippen MR) is 112 cm³/mol. The van der Waals surface area contributed by atoms with Crippen LogP contribution in [0.4, 0.5) is 17.1 Å². The molecule has 2 amide bonds. The Morgan fingerprint density at radius 3 is 2.47 bits per heavy atom. The van der Waals surface area contributed by atoms with Crippen molar-refractivity contribution >= 4 is 28.9 Å². The van der Waals surface area contributed by atoms with E-state index in [1.54, 1.807) is 23.1 Å². The number of carbonyl (C=O) groups is 2. The maximum absolute atomic E-state index is 12.9. The lowest BCUT2D eigenvalue weighted by Crippen LogP contribution is -2.35. The van der Waals surface area contributed by atoms with E-state index in [0.29, 0.717) is 18.7 Å². The summed E-state index contributed by atoms with van der Waals surface area (Å²) in [7, 11) is 2.74. The van der Waals surface area contributed by atoms with Gasteiger partial charge in [-0.1, -0.05) is 6.07 Å². The highest BCUT2D eigenvalue weighted by Gasteiger charge is 2.26. The average Bonchev–Trinajstić information content (AvgIpc) is 2.74. The zero-order valence-corrected chi connectivity index (χ0v) is 17.1. The number of aryl methyl sites for hydroxylation is 1. The van der Waals surface area contributed by atoms with Crippen molar-refractivity contribution in [2.75, 3.05) is 31.0 Å². The number of benzene rings is 2. The van der Waals surface area contributed by atoms with Crippen LogP contribution in [-0.2, 0) is 4.79 Å². The molecule has 0 spiro atoms. The van der Waals surface area contributed by atoms with E-state index in [1.165, 1.54) is 20.3 Å². The standard InChI is InChI=1S/C21H23N3O6/c1-13-7-8-14(10-16(13)23-9-5-4-6-20(23)25)22-21(26)15-11-18(29-2)19(30-3)12-17(15)24(27)28/h7-8,10-12H,4-6,9H2,1-3H3,(H,22,26). The summed E-state index contributed by atoms with van der Waals surface area (Å²) in [6.07, 6.45) is 2.28. The molecule has 158 valence electrons. The normalized spacial score (nSPS) is 13.7. The monoisotopic (exact) mass is 413 g/mol. The number of anilines is 2. The Balaban J connectivity index is 1.94. The fraction of sp³-hybridized carbons (Fsp3) is 0.333. The SMILES string of the molecule is COc1cc(C(=O)Nc2ccc(C)c(N3CCCCC3=O)c2)c([N+](=O)[O-])cc1OC. The highest BCUT2D eigenvalue weighted by Crippen LogP contribution is 2.35. The first-order chi connectivity index (χ1) is 14.3. The Morgan fingerprint density at radius 2 is 1.83 bits per heavy atom. The number of nitro benzene ring substituents is 1. The second-order valence-electron chi connectivity index (χ2n) is 6.94. The van der Waals surface area contributed by atoms with E-state index in [9.17, 15) is 19.7 Å². The molecule has 0 aromatic heterocycles. The van der Waals surface area contributed by atoms with Gasteiger partial charge in [-0.15, -0.1) is 0 Å². The highest BCUT2D eigenvalue weighted by atomic mass is 16.6. The van der Waals surface area contributed by atoms with Crippen molar-refractivity contribution in [3.63, 3.8) is 0 Å². The molecule has 0 aliphatic carbocycles. The van der Waals surface area contributed by atoms with Gasteiger partial charge >= 0.3 is 0 Å². The van der Waals surface area contributed by atoms with Crippen molar-refractivity contribution in [3.8, 4) is 11.5 Å². The molecule has 0 radical (unpaired) electrons. The van der Waals surface area contributed by atoms with Crippen molar-refractivity contribution in [1.29, 1.82) is 0 Å². The topological polar surface area (TPSA) is 111 Å². The summed E-state index contributed by atoms with van der Waals surface area (Å²) in [6.45, 7) is 2.51. The summed E-state index contributed by atoms with van der Waals surface area (Å²) >= 11 is 0. The molecule has 3 rings (SSSR count). The van der Waals surface area contributed by atoms with E-state index in [4.69, 9.17) is 9.47 Å². The Kier molecular flexibility index (Phi) is 6.20. The van der Waals surface area contributed by atoms with Gasteiger partial charge in [-0.05, 0) is 37.5 Å². The van der Waals surface area contributed by atoms with Crippen LogP contribution in [0, 0.1) is 17.0 Å². The molecule has 1 aliphatic heterocycles. The number of methoxy groups -OCH3 is 2. The number of amides is 2. The molecule has 1 fully saturated rings. The molecule has 1 saturated heterocycles. The third-order valence-electron chi connectivity index (χ3n) is 5.02. The van der Waals surface area contributed by atoms with Gasteiger partial charge in [0.25, 0.3) is 11.6 Å². The second kappa shape index (κ2) is 8.81. The van der Waals surface area contributed by atoms with Gasteiger partial charge in [-0.25, -0.2) is 0 Å². The van der Waals surface area contributed by atoms with Crippen molar-refractivity contribution in [2.24, 2.45) is 0 Å². The summed E-state index contributed by atoms with van der Waals surface area (Å²) in [6, 6.07) is 7.63. The molecule has 30 heavy (non-hydrogen) atoms. The number of nitrogens with one attached hydrogen (secondary N) is 1. The number of hydrogen-bond donors (Lipinski definition) is 1. The number of nitrogens with zero attached hydrogens (tertiary/aromatic N) is 2. The number of nitro groups is 1. The van der Waals surface area contributed by atoms with Crippen LogP contribution in [0.3, 0.4) is 0 Å². The lowest BCUT2D eigenvalue weighted by Gasteiger charge is -2.28. The van der Waals surface area contributed by atoms with E-state index in [2.05, 4.69) is 5.32 Å². The predicted octanol–water partition coefficient (Wildman–Crippen LogP) is 3.69. The summed E-state index contributed by atoms with van der Waals surface area (Å²) in [5, 5.41) is 14.2. The quantitative estimate of drug-likeness (QED) is 0.571. The van der Waals surface area contributed by atoms with E-state index < -0.39 is 16.5 Å². The molecule has 0 saturated carbocycles. The van der Waals surface area contributed by atoms with Crippen LogP contribution in [0.15, 0.2) is 30.3 Å². The van der Waals surface area contributed by atoms with Gasteiger partial charge < -0.3 is 19.7 Å². The van der Waals surface area contributed by atoms with Gasteiger partial charge in [0.05, 0.1) is 25.2 Å². The molecular formula is C21H23N3O6. The van der Waals surface area contributed by atoms with Gasteiger partial charge in [0.15, 0.2) is 11.5 Å². The molecule has 1 aliphatic rings. The van der Waals surface area contributed by atoms with E-state index in [-0.39, 0.29) is 23.0 Å². The first-order valence-electron chi connectivity index (χ1n) is 9.48. The van der Waals surface area contributed by atoms with Gasteiger partial charge in [0, 0.05) is 30.4 Å². The van der Waals surface area contributed by atoms with Crippen molar-refractivity contribution in [3.05, 3.63) is 51.6 Å². The first kappa shape index (κ1) is 21.1. The first-order valence-corrected chi connectivity index (χ1v) is 9.48.